The van der Waals surface area contributed by atoms with Gasteiger partial charge in [-0.3, -0.25) is 4.79 Å². The van der Waals surface area contributed by atoms with Gasteiger partial charge in [-0.15, -0.1) is 0 Å². The first kappa shape index (κ1) is 19.5. The number of halogens is 3. The quantitative estimate of drug-likeness (QED) is 0.366. The van der Waals surface area contributed by atoms with E-state index in [1.54, 1.807) is 0 Å². The van der Waals surface area contributed by atoms with E-state index < -0.39 is 0 Å². The molecule has 0 unspecified atom stereocenters. The van der Waals surface area contributed by atoms with Gasteiger partial charge in [0.15, 0.2) is 12.2 Å². The lowest BCUT2D eigenvalue weighted by molar-refractivity contribution is -0.689. The molecule has 26 heavy (non-hydrogen) atoms. The Morgan fingerprint density at radius 2 is 1.62 bits per heavy atom. The van der Waals surface area contributed by atoms with Crippen molar-refractivity contribution in [1.82, 2.24) is 4.57 Å². The number of aromatic nitrogens is 2. The van der Waals surface area contributed by atoms with Gasteiger partial charge < -0.3 is 17.0 Å². The molecule has 0 saturated carbocycles. The SMILES string of the molecule is O=C(C[n+]1cc(-c2ccc(Br)cc2)n2c1CCC2)c1ccc(Br)cc1.[Br-]. The largest absolute Gasteiger partial charge is 1.00 e. The molecule has 0 N–H and O–H groups in total. The van der Waals surface area contributed by atoms with Crippen LogP contribution in [0.4, 0.5) is 0 Å². The third kappa shape index (κ3) is 3.87. The number of carbonyl (C=O) groups is 1. The highest BCUT2D eigenvalue weighted by Crippen LogP contribution is 2.26. The molecule has 2 aromatic carbocycles. The summed E-state index contributed by atoms with van der Waals surface area (Å²) >= 11 is 6.90. The molecule has 0 saturated heterocycles. The molecular weight excluding hydrogens is 524 g/mol. The average Bonchev–Trinajstić information content (AvgIpc) is 3.20. The Bertz CT molecular complexity index is 931. The van der Waals surface area contributed by atoms with Gasteiger partial charge in [-0.05, 0) is 42.8 Å². The minimum Gasteiger partial charge on any atom is -1.00 e. The van der Waals surface area contributed by atoms with Gasteiger partial charge in [-0.25, -0.2) is 9.13 Å². The van der Waals surface area contributed by atoms with Gasteiger partial charge in [0.25, 0.3) is 5.82 Å². The predicted molar refractivity (Wildman–Crippen MR) is 105 cm³/mol. The number of Topliss-reactive ketones (excluding diaryl/α,β-unsaturated/α-hetero) is 1. The van der Waals surface area contributed by atoms with Crippen LogP contribution in [0.1, 0.15) is 22.6 Å². The van der Waals surface area contributed by atoms with Crippen molar-refractivity contribution in [3.63, 3.8) is 0 Å². The van der Waals surface area contributed by atoms with E-state index in [0.29, 0.717) is 6.54 Å². The lowest BCUT2D eigenvalue weighted by Crippen LogP contribution is -3.00. The van der Waals surface area contributed by atoms with Gasteiger partial charge in [0.1, 0.15) is 6.20 Å². The number of ketones is 1. The van der Waals surface area contributed by atoms with Crippen molar-refractivity contribution in [2.45, 2.75) is 25.9 Å². The van der Waals surface area contributed by atoms with Crippen molar-refractivity contribution in [3.8, 4) is 11.3 Å². The first-order valence-electron chi connectivity index (χ1n) is 8.28. The summed E-state index contributed by atoms with van der Waals surface area (Å²) < 4.78 is 6.52. The maximum atomic E-state index is 12.7. The van der Waals surface area contributed by atoms with Crippen LogP contribution in [0.3, 0.4) is 0 Å². The highest BCUT2D eigenvalue weighted by atomic mass is 79.9. The van der Waals surface area contributed by atoms with E-state index in [9.17, 15) is 4.79 Å². The summed E-state index contributed by atoms with van der Waals surface area (Å²) in [4.78, 5) is 12.7. The number of rotatable bonds is 4. The van der Waals surface area contributed by atoms with Gasteiger partial charge in [0.2, 0.25) is 5.78 Å². The Kier molecular flexibility index (Phi) is 6.15. The third-order valence-corrected chi connectivity index (χ3v) is 5.67. The summed E-state index contributed by atoms with van der Waals surface area (Å²) in [6.07, 6.45) is 4.27. The van der Waals surface area contributed by atoms with Crippen LogP contribution in [0.15, 0.2) is 63.7 Å². The van der Waals surface area contributed by atoms with E-state index in [1.807, 2.05) is 24.3 Å². The zero-order valence-corrected chi connectivity index (χ0v) is 18.7. The van der Waals surface area contributed by atoms with Crippen molar-refractivity contribution in [3.05, 3.63) is 75.1 Å². The topological polar surface area (TPSA) is 25.9 Å². The number of nitrogens with zero attached hydrogens (tertiary/aromatic N) is 2. The van der Waals surface area contributed by atoms with Crippen LogP contribution >= 0.6 is 31.9 Å². The van der Waals surface area contributed by atoms with E-state index in [4.69, 9.17) is 0 Å². The second kappa shape index (κ2) is 8.19. The van der Waals surface area contributed by atoms with Crippen molar-refractivity contribution in [1.29, 1.82) is 0 Å². The molecule has 0 amide bonds. The molecule has 134 valence electrons. The van der Waals surface area contributed by atoms with Crippen LogP contribution in [0.25, 0.3) is 11.3 Å². The number of imidazole rings is 1. The normalized spacial score (nSPS) is 12.5. The Morgan fingerprint density at radius 1 is 1.00 bits per heavy atom. The van der Waals surface area contributed by atoms with Gasteiger partial charge in [-0.1, -0.05) is 44.0 Å². The molecular formula is C20H17Br3N2O. The fourth-order valence-corrected chi connectivity index (χ4v) is 3.91. The molecule has 0 aliphatic carbocycles. The van der Waals surface area contributed by atoms with Crippen LogP contribution in [-0.2, 0) is 19.5 Å². The number of hydrogen-bond acceptors (Lipinski definition) is 1. The Labute approximate surface area is 180 Å². The second-order valence-electron chi connectivity index (χ2n) is 6.25. The maximum absolute atomic E-state index is 12.7. The first-order valence-corrected chi connectivity index (χ1v) is 9.87. The van der Waals surface area contributed by atoms with Crippen molar-refractivity contribution in [2.75, 3.05) is 0 Å². The molecule has 0 bridgehead atoms. The smallest absolute Gasteiger partial charge is 0.257 e. The molecule has 0 fully saturated rings. The van der Waals surface area contributed by atoms with E-state index in [1.165, 1.54) is 17.1 Å². The predicted octanol–water partition coefficient (Wildman–Crippen LogP) is 1.80. The molecule has 1 aliphatic rings. The molecule has 3 nitrogen and oxygen atoms in total. The molecule has 6 heteroatoms. The fraction of sp³-hybridized carbons (Fsp3) is 0.200. The van der Waals surface area contributed by atoms with E-state index in [-0.39, 0.29) is 22.8 Å². The van der Waals surface area contributed by atoms with Crippen LogP contribution in [0, 0.1) is 0 Å². The third-order valence-electron chi connectivity index (χ3n) is 4.61. The molecule has 0 spiro atoms. The molecule has 0 atom stereocenters. The van der Waals surface area contributed by atoms with Crippen LogP contribution in [0.5, 0.6) is 0 Å². The molecule has 1 aliphatic heterocycles. The van der Waals surface area contributed by atoms with Crippen molar-refractivity contribution < 1.29 is 26.3 Å². The zero-order chi connectivity index (χ0) is 17.4. The summed E-state index contributed by atoms with van der Waals surface area (Å²) in [5.41, 5.74) is 3.11. The van der Waals surface area contributed by atoms with Gasteiger partial charge in [-0.2, -0.15) is 0 Å². The fourth-order valence-electron chi connectivity index (χ4n) is 3.38. The maximum Gasteiger partial charge on any atom is 0.257 e. The Hall–Kier alpha value is -1.24. The van der Waals surface area contributed by atoms with Crippen LogP contribution < -0.4 is 21.5 Å². The van der Waals surface area contributed by atoms with Crippen LogP contribution in [-0.4, -0.2) is 10.4 Å². The Morgan fingerprint density at radius 3 is 2.27 bits per heavy atom. The average molecular weight is 541 g/mol. The second-order valence-corrected chi connectivity index (χ2v) is 8.08. The van der Waals surface area contributed by atoms with Crippen molar-refractivity contribution >= 4 is 37.6 Å². The minimum absolute atomic E-state index is 0. The summed E-state index contributed by atoms with van der Waals surface area (Å²) in [6.45, 7) is 1.40. The van der Waals surface area contributed by atoms with E-state index in [0.717, 1.165) is 33.9 Å². The summed E-state index contributed by atoms with van der Waals surface area (Å²) in [6, 6.07) is 15.9. The minimum atomic E-state index is 0. The van der Waals surface area contributed by atoms with Crippen molar-refractivity contribution in [2.24, 2.45) is 0 Å². The van der Waals surface area contributed by atoms with Gasteiger partial charge >= 0.3 is 0 Å². The number of benzene rings is 2. The summed E-state index contributed by atoms with van der Waals surface area (Å²) in [7, 11) is 0. The molecule has 1 aromatic heterocycles. The van der Waals surface area contributed by atoms with Crippen LogP contribution in [0.2, 0.25) is 0 Å². The standard InChI is InChI=1S/C20H17Br2N2O.BrH/c21-16-7-3-14(4-8-16)18-12-23(20-2-1-11-24(18)20)13-19(25)15-5-9-17(22)10-6-15;/h3-10,12H,1-2,11,13H2;1H/q+1;/p-1. The first-order chi connectivity index (χ1) is 12.1. The number of hydrogen-bond donors (Lipinski definition) is 0. The van der Waals surface area contributed by atoms with Gasteiger partial charge in [0, 0.05) is 20.1 Å². The molecule has 2 heterocycles. The summed E-state index contributed by atoms with van der Waals surface area (Å²) in [5, 5.41) is 0. The Balaban J connectivity index is 0.00000196. The molecule has 0 radical (unpaired) electrons. The summed E-state index contributed by atoms with van der Waals surface area (Å²) in [5.74, 6) is 1.38. The monoisotopic (exact) mass is 538 g/mol. The van der Waals surface area contributed by atoms with E-state index in [2.05, 4.69) is 71.5 Å². The molecule has 3 aromatic rings. The molecule has 4 rings (SSSR count). The lowest BCUT2D eigenvalue weighted by atomic mass is 10.1. The highest BCUT2D eigenvalue weighted by molar-refractivity contribution is 9.10. The number of fused-ring (bicyclic) bond motifs is 1. The zero-order valence-electron chi connectivity index (χ0n) is 14.0. The van der Waals surface area contributed by atoms with Gasteiger partial charge in [0.05, 0.1) is 13.0 Å². The highest BCUT2D eigenvalue weighted by Gasteiger charge is 2.29. The lowest BCUT2D eigenvalue weighted by Gasteiger charge is -2.00. The number of carbonyl (C=O) groups excluding carboxylic acids is 1. The van der Waals surface area contributed by atoms with E-state index >= 15 is 0 Å².